The summed E-state index contributed by atoms with van der Waals surface area (Å²) < 4.78 is 27.9. The molecule has 27 heavy (non-hydrogen) atoms. The number of nitrogens with one attached hydrogen (secondary N) is 1. The fraction of sp³-hybridized carbons (Fsp3) is 0.444. The van der Waals surface area contributed by atoms with Crippen LogP contribution < -0.4 is 5.32 Å². The SMILES string of the molecule is CCN(CC)S(=O)(=O)c1cc(NC(=O)C(C)Sc2nc(C)cs2)ccc1C. The average molecular weight is 428 g/mol. The molecule has 1 aromatic heterocycles. The van der Waals surface area contributed by atoms with Crippen LogP contribution in [-0.2, 0) is 14.8 Å². The lowest BCUT2D eigenvalue weighted by Gasteiger charge is -2.20. The molecule has 1 unspecified atom stereocenters. The van der Waals surface area contributed by atoms with Crippen LogP contribution in [0.15, 0.2) is 32.8 Å². The number of thioether (sulfide) groups is 1. The fourth-order valence-electron chi connectivity index (χ4n) is 2.49. The second-order valence-corrected chi connectivity index (χ2v) is 10.4. The van der Waals surface area contributed by atoms with Crippen LogP contribution in [0.4, 0.5) is 5.69 Å². The molecule has 1 atom stereocenters. The van der Waals surface area contributed by atoms with E-state index in [4.69, 9.17) is 0 Å². The maximum atomic E-state index is 12.8. The summed E-state index contributed by atoms with van der Waals surface area (Å²) in [5, 5.41) is 4.41. The first-order chi connectivity index (χ1) is 12.7. The summed E-state index contributed by atoms with van der Waals surface area (Å²) in [6.07, 6.45) is 0. The Bertz CT molecular complexity index is 906. The van der Waals surface area contributed by atoms with Gasteiger partial charge in [-0.25, -0.2) is 13.4 Å². The van der Waals surface area contributed by atoms with E-state index >= 15 is 0 Å². The monoisotopic (exact) mass is 427 g/mol. The predicted molar refractivity (Wildman–Crippen MR) is 112 cm³/mol. The highest BCUT2D eigenvalue weighted by molar-refractivity contribution is 8.02. The van der Waals surface area contributed by atoms with Crippen molar-refractivity contribution < 1.29 is 13.2 Å². The normalized spacial score (nSPS) is 13.0. The first-order valence-electron chi connectivity index (χ1n) is 8.69. The lowest BCUT2D eigenvalue weighted by atomic mass is 10.2. The van der Waals surface area contributed by atoms with Crippen LogP contribution in [0.25, 0.3) is 0 Å². The van der Waals surface area contributed by atoms with Crippen molar-refractivity contribution in [3.05, 3.63) is 34.8 Å². The summed E-state index contributed by atoms with van der Waals surface area (Å²) >= 11 is 2.89. The van der Waals surface area contributed by atoms with E-state index in [0.29, 0.717) is 24.3 Å². The Kier molecular flexibility index (Phi) is 7.44. The van der Waals surface area contributed by atoms with E-state index in [1.54, 1.807) is 39.8 Å². The van der Waals surface area contributed by atoms with Crippen LogP contribution in [0, 0.1) is 13.8 Å². The van der Waals surface area contributed by atoms with Gasteiger partial charge in [-0.15, -0.1) is 11.3 Å². The van der Waals surface area contributed by atoms with Crippen molar-refractivity contribution in [2.45, 2.75) is 49.1 Å². The van der Waals surface area contributed by atoms with Crippen molar-refractivity contribution >= 4 is 44.7 Å². The van der Waals surface area contributed by atoms with E-state index in [0.717, 1.165) is 10.0 Å². The molecular formula is C18H25N3O3S3. The molecule has 9 heteroatoms. The number of hydrogen-bond acceptors (Lipinski definition) is 6. The van der Waals surface area contributed by atoms with Crippen molar-refractivity contribution in [3.8, 4) is 0 Å². The van der Waals surface area contributed by atoms with Gasteiger partial charge in [0.25, 0.3) is 0 Å². The second kappa shape index (κ2) is 9.18. The quantitative estimate of drug-likeness (QED) is 0.646. The van der Waals surface area contributed by atoms with Gasteiger partial charge in [0.05, 0.1) is 10.1 Å². The van der Waals surface area contributed by atoms with E-state index in [1.807, 2.05) is 12.3 Å². The van der Waals surface area contributed by atoms with Gasteiger partial charge in [0, 0.05) is 29.9 Å². The third kappa shape index (κ3) is 5.31. The number of sulfonamides is 1. The Morgan fingerprint density at radius 3 is 2.52 bits per heavy atom. The molecule has 0 aliphatic carbocycles. The van der Waals surface area contributed by atoms with Crippen LogP contribution in [0.2, 0.25) is 0 Å². The van der Waals surface area contributed by atoms with Crippen molar-refractivity contribution in [3.63, 3.8) is 0 Å². The maximum Gasteiger partial charge on any atom is 0.243 e. The molecule has 0 spiro atoms. The summed E-state index contributed by atoms with van der Waals surface area (Å²) in [6, 6.07) is 4.97. The minimum Gasteiger partial charge on any atom is -0.325 e. The molecule has 1 N–H and O–H groups in total. The topological polar surface area (TPSA) is 79.4 Å². The Hall–Kier alpha value is -1.42. The Morgan fingerprint density at radius 1 is 1.30 bits per heavy atom. The molecule has 0 saturated carbocycles. The van der Waals surface area contributed by atoms with Crippen molar-refractivity contribution in [2.24, 2.45) is 0 Å². The summed E-state index contributed by atoms with van der Waals surface area (Å²) in [7, 11) is -3.59. The lowest BCUT2D eigenvalue weighted by Crippen LogP contribution is -2.31. The molecule has 0 aliphatic rings. The van der Waals surface area contributed by atoms with Crippen LogP contribution in [0.5, 0.6) is 0 Å². The van der Waals surface area contributed by atoms with Gasteiger partial charge in [-0.1, -0.05) is 31.7 Å². The predicted octanol–water partition coefficient (Wildman–Crippen LogP) is 3.91. The Balaban J connectivity index is 2.18. The zero-order valence-corrected chi connectivity index (χ0v) is 18.6. The molecule has 6 nitrogen and oxygen atoms in total. The highest BCUT2D eigenvalue weighted by atomic mass is 32.2. The summed E-state index contributed by atoms with van der Waals surface area (Å²) in [5.74, 6) is -0.192. The van der Waals surface area contributed by atoms with Crippen LogP contribution in [0.1, 0.15) is 32.0 Å². The van der Waals surface area contributed by atoms with E-state index in [-0.39, 0.29) is 16.1 Å². The fourth-order valence-corrected chi connectivity index (χ4v) is 6.19. The van der Waals surface area contributed by atoms with E-state index < -0.39 is 10.0 Å². The highest BCUT2D eigenvalue weighted by Gasteiger charge is 2.24. The standard InChI is InChI=1S/C18H25N3O3S3/c1-6-21(7-2)27(23,24)16-10-15(9-8-12(16)3)20-17(22)14(5)26-18-19-13(4)11-25-18/h8-11,14H,6-7H2,1-5H3,(H,20,22). The smallest absolute Gasteiger partial charge is 0.243 e. The number of aryl methyl sites for hydroxylation is 2. The number of hydrogen-bond donors (Lipinski definition) is 1. The maximum absolute atomic E-state index is 12.8. The number of thiazole rings is 1. The van der Waals surface area contributed by atoms with Crippen molar-refractivity contribution in [2.75, 3.05) is 18.4 Å². The zero-order chi connectivity index (χ0) is 20.2. The van der Waals surface area contributed by atoms with E-state index in [2.05, 4.69) is 10.3 Å². The molecule has 0 saturated heterocycles. The molecule has 0 bridgehead atoms. The minimum atomic E-state index is -3.59. The Morgan fingerprint density at radius 2 is 1.96 bits per heavy atom. The van der Waals surface area contributed by atoms with Gasteiger partial charge in [0.2, 0.25) is 15.9 Å². The molecule has 2 rings (SSSR count). The largest absolute Gasteiger partial charge is 0.325 e. The van der Waals surface area contributed by atoms with Crippen molar-refractivity contribution in [1.82, 2.24) is 9.29 Å². The molecular weight excluding hydrogens is 402 g/mol. The molecule has 0 fully saturated rings. The molecule has 1 heterocycles. The number of aromatic nitrogens is 1. The zero-order valence-electron chi connectivity index (χ0n) is 16.1. The Labute approximate surface area is 169 Å². The average Bonchev–Trinajstić information content (AvgIpc) is 3.02. The number of carbonyl (C=O) groups excluding carboxylic acids is 1. The van der Waals surface area contributed by atoms with Gasteiger partial charge in [-0.3, -0.25) is 4.79 Å². The first-order valence-corrected chi connectivity index (χ1v) is 11.9. The van der Waals surface area contributed by atoms with Gasteiger partial charge < -0.3 is 5.32 Å². The van der Waals surface area contributed by atoms with Crippen molar-refractivity contribution in [1.29, 1.82) is 0 Å². The van der Waals surface area contributed by atoms with Gasteiger partial charge in [-0.05, 0) is 38.5 Å². The molecule has 2 aromatic rings. The molecule has 1 amide bonds. The number of carbonyl (C=O) groups is 1. The van der Waals surface area contributed by atoms with Crippen LogP contribution >= 0.6 is 23.1 Å². The van der Waals surface area contributed by atoms with Crippen LogP contribution in [-0.4, -0.2) is 42.0 Å². The van der Waals surface area contributed by atoms with Gasteiger partial charge in [0.1, 0.15) is 0 Å². The molecule has 0 aliphatic heterocycles. The third-order valence-corrected chi connectivity index (χ3v) is 8.41. The van der Waals surface area contributed by atoms with Crippen LogP contribution in [0.3, 0.4) is 0 Å². The number of anilines is 1. The number of benzene rings is 1. The molecule has 1 aromatic carbocycles. The summed E-state index contributed by atoms with van der Waals surface area (Å²) in [4.78, 5) is 17.1. The minimum absolute atomic E-state index is 0.192. The second-order valence-electron chi connectivity index (χ2n) is 6.07. The van der Waals surface area contributed by atoms with Gasteiger partial charge in [0.15, 0.2) is 4.34 Å². The van der Waals surface area contributed by atoms with E-state index in [9.17, 15) is 13.2 Å². The molecule has 148 valence electrons. The summed E-state index contributed by atoms with van der Waals surface area (Å²) in [5.41, 5.74) is 2.06. The summed E-state index contributed by atoms with van der Waals surface area (Å²) in [6.45, 7) is 9.88. The number of rotatable bonds is 8. The highest BCUT2D eigenvalue weighted by Crippen LogP contribution is 2.28. The van der Waals surface area contributed by atoms with E-state index in [1.165, 1.54) is 33.5 Å². The van der Waals surface area contributed by atoms with Gasteiger partial charge >= 0.3 is 0 Å². The first kappa shape index (κ1) is 21.9. The van der Waals surface area contributed by atoms with Gasteiger partial charge in [-0.2, -0.15) is 4.31 Å². The molecule has 0 radical (unpaired) electrons. The third-order valence-electron chi connectivity index (χ3n) is 4.02. The lowest BCUT2D eigenvalue weighted by molar-refractivity contribution is -0.115. The number of amides is 1. The number of nitrogens with zero attached hydrogens (tertiary/aromatic N) is 2.